The number of hydrogen-bond acceptors (Lipinski definition) is 4. The molecule has 0 spiro atoms. The summed E-state index contributed by atoms with van der Waals surface area (Å²) in [4.78, 5) is 37.5. The molecule has 1 aromatic heterocycles. The third kappa shape index (κ3) is 2.89. The fraction of sp³-hybridized carbons (Fsp3) is 0.0625. The van der Waals surface area contributed by atoms with E-state index in [9.17, 15) is 14.4 Å². The average molecular weight is 346 g/mol. The Morgan fingerprint density at radius 3 is 2.38 bits per heavy atom. The summed E-state index contributed by atoms with van der Waals surface area (Å²) in [5.74, 6) is 0.977. The van der Waals surface area contributed by atoms with Crippen LogP contribution in [0, 0.1) is 0 Å². The van der Waals surface area contributed by atoms with E-state index in [1.165, 1.54) is 19.2 Å². The summed E-state index contributed by atoms with van der Waals surface area (Å²) in [7, 11) is 1.27. The quantitative estimate of drug-likeness (QED) is 0.782. The van der Waals surface area contributed by atoms with E-state index in [1.54, 1.807) is 18.2 Å². The molecule has 0 aliphatic rings. The Labute approximate surface area is 140 Å². The predicted molar refractivity (Wildman–Crippen MR) is 89.4 cm³/mol. The van der Waals surface area contributed by atoms with Gasteiger partial charge in [-0.05, 0) is 30.3 Å². The second-order valence-electron chi connectivity index (χ2n) is 4.94. The van der Waals surface area contributed by atoms with E-state index in [1.807, 2.05) is 18.2 Å². The number of rotatable bonds is 3. The molecule has 0 aliphatic heterocycles. The summed E-state index contributed by atoms with van der Waals surface area (Å²) in [5.41, 5.74) is -2.16. The molecule has 2 aromatic carbocycles. The van der Waals surface area contributed by atoms with E-state index in [2.05, 4.69) is 4.98 Å². The molecule has 0 bridgehead atoms. The number of aromatic amines is 1. The van der Waals surface area contributed by atoms with Gasteiger partial charge in [0.25, 0.3) is 0 Å². The molecule has 0 amide bonds. The number of nitrogens with zero attached hydrogens (tertiary/aromatic N) is 2. The zero-order chi connectivity index (χ0) is 17.3. The van der Waals surface area contributed by atoms with Crippen molar-refractivity contribution in [3.8, 4) is 17.2 Å². The van der Waals surface area contributed by atoms with Crippen molar-refractivity contribution in [2.75, 3.05) is 0 Å². The first-order chi connectivity index (χ1) is 11.5. The number of ether oxygens (including phenoxy) is 1. The van der Waals surface area contributed by atoms with Crippen molar-refractivity contribution in [3.63, 3.8) is 0 Å². The van der Waals surface area contributed by atoms with Gasteiger partial charge in [0.2, 0.25) is 0 Å². The SMILES string of the molecule is Cn1c(=O)[nH]c(=O)n(-c2ccc(Oc3ccccc3)c(Cl)c2)c1=O. The molecule has 0 fully saturated rings. The number of halogens is 1. The van der Waals surface area contributed by atoms with Gasteiger partial charge < -0.3 is 4.74 Å². The Hall–Kier alpha value is -3.06. The van der Waals surface area contributed by atoms with E-state index in [0.29, 0.717) is 11.5 Å². The highest BCUT2D eigenvalue weighted by Crippen LogP contribution is 2.30. The van der Waals surface area contributed by atoms with Gasteiger partial charge in [-0.1, -0.05) is 29.8 Å². The minimum atomic E-state index is -0.837. The molecule has 122 valence electrons. The van der Waals surface area contributed by atoms with Gasteiger partial charge in [0.15, 0.2) is 0 Å². The second-order valence-corrected chi connectivity index (χ2v) is 5.35. The van der Waals surface area contributed by atoms with Crippen LogP contribution in [0.15, 0.2) is 62.9 Å². The zero-order valence-corrected chi connectivity index (χ0v) is 13.3. The minimum Gasteiger partial charge on any atom is -0.456 e. The fourth-order valence-electron chi connectivity index (χ4n) is 2.11. The molecule has 0 unspecified atom stereocenters. The first-order valence-electron chi connectivity index (χ1n) is 6.92. The molecule has 0 radical (unpaired) electrons. The van der Waals surface area contributed by atoms with Crippen molar-refractivity contribution in [2.24, 2.45) is 7.05 Å². The predicted octanol–water partition coefficient (Wildman–Crippen LogP) is 1.67. The average Bonchev–Trinajstić information content (AvgIpc) is 2.56. The minimum absolute atomic E-state index is 0.219. The first kappa shape index (κ1) is 15.8. The van der Waals surface area contributed by atoms with Crippen LogP contribution >= 0.6 is 11.6 Å². The Bertz CT molecular complexity index is 1070. The maximum absolute atomic E-state index is 12.1. The van der Waals surface area contributed by atoms with Gasteiger partial charge in [-0.25, -0.2) is 23.5 Å². The number of aromatic nitrogens is 3. The van der Waals surface area contributed by atoms with E-state index in [4.69, 9.17) is 16.3 Å². The number of nitrogens with one attached hydrogen (secondary N) is 1. The molecular weight excluding hydrogens is 334 g/mol. The summed E-state index contributed by atoms with van der Waals surface area (Å²) in [6, 6.07) is 13.5. The number of benzene rings is 2. The maximum atomic E-state index is 12.1. The van der Waals surface area contributed by atoms with Gasteiger partial charge in [0.05, 0.1) is 10.7 Å². The Morgan fingerprint density at radius 2 is 1.71 bits per heavy atom. The van der Waals surface area contributed by atoms with Crippen LogP contribution in [0.4, 0.5) is 0 Å². The van der Waals surface area contributed by atoms with E-state index >= 15 is 0 Å². The molecule has 0 aliphatic carbocycles. The fourth-order valence-corrected chi connectivity index (χ4v) is 2.32. The summed E-state index contributed by atoms with van der Waals surface area (Å²) < 4.78 is 7.26. The van der Waals surface area contributed by atoms with Crippen molar-refractivity contribution in [2.45, 2.75) is 0 Å². The highest BCUT2D eigenvalue weighted by Gasteiger charge is 2.11. The molecule has 24 heavy (non-hydrogen) atoms. The van der Waals surface area contributed by atoms with Crippen LogP contribution in [0.2, 0.25) is 5.02 Å². The van der Waals surface area contributed by atoms with Gasteiger partial charge in [-0.2, -0.15) is 0 Å². The lowest BCUT2D eigenvalue weighted by Gasteiger charge is -2.10. The van der Waals surface area contributed by atoms with Crippen molar-refractivity contribution in [1.82, 2.24) is 14.1 Å². The molecule has 1 heterocycles. The van der Waals surface area contributed by atoms with Crippen LogP contribution < -0.4 is 21.8 Å². The smallest absolute Gasteiger partial charge is 0.340 e. The lowest BCUT2D eigenvalue weighted by molar-refractivity contribution is 0.482. The summed E-state index contributed by atoms with van der Waals surface area (Å²) >= 11 is 6.18. The Kier molecular flexibility index (Phi) is 4.09. The lowest BCUT2D eigenvalue weighted by Crippen LogP contribution is -2.47. The monoisotopic (exact) mass is 345 g/mol. The van der Waals surface area contributed by atoms with Crippen LogP contribution in [-0.2, 0) is 7.05 Å². The summed E-state index contributed by atoms with van der Waals surface area (Å²) in [6.45, 7) is 0. The van der Waals surface area contributed by atoms with Crippen LogP contribution in [-0.4, -0.2) is 14.1 Å². The van der Waals surface area contributed by atoms with Gasteiger partial charge in [-0.3, -0.25) is 4.98 Å². The van der Waals surface area contributed by atoms with Crippen LogP contribution in [0.5, 0.6) is 11.5 Å². The van der Waals surface area contributed by atoms with Gasteiger partial charge in [0, 0.05) is 7.05 Å². The first-order valence-corrected chi connectivity index (χ1v) is 7.30. The standard InChI is InChI=1S/C16H12ClN3O4/c1-19-14(21)18-15(22)20(16(19)23)10-7-8-13(12(17)9-10)24-11-5-3-2-4-6-11/h2-9H,1H3,(H,18,21,22). The Morgan fingerprint density at radius 1 is 1.00 bits per heavy atom. The van der Waals surface area contributed by atoms with Gasteiger partial charge in [-0.15, -0.1) is 0 Å². The highest BCUT2D eigenvalue weighted by molar-refractivity contribution is 6.32. The topological polar surface area (TPSA) is 86.1 Å². The molecule has 8 heteroatoms. The largest absolute Gasteiger partial charge is 0.456 e. The highest BCUT2D eigenvalue weighted by atomic mass is 35.5. The molecule has 0 saturated carbocycles. The van der Waals surface area contributed by atoms with Crippen molar-refractivity contribution < 1.29 is 4.74 Å². The summed E-state index contributed by atoms with van der Waals surface area (Å²) in [5, 5.41) is 0.219. The molecular formula is C16H12ClN3O4. The van der Waals surface area contributed by atoms with E-state index in [0.717, 1.165) is 9.13 Å². The van der Waals surface area contributed by atoms with E-state index in [-0.39, 0.29) is 10.7 Å². The Balaban J connectivity index is 2.06. The third-order valence-corrected chi connectivity index (χ3v) is 3.64. The van der Waals surface area contributed by atoms with Crippen molar-refractivity contribution in [3.05, 3.63) is 85.0 Å². The van der Waals surface area contributed by atoms with Crippen molar-refractivity contribution in [1.29, 1.82) is 0 Å². The molecule has 7 nitrogen and oxygen atoms in total. The molecule has 0 atom stereocenters. The van der Waals surface area contributed by atoms with Crippen molar-refractivity contribution >= 4 is 11.6 Å². The van der Waals surface area contributed by atoms with Crippen LogP contribution in [0.3, 0.4) is 0 Å². The molecule has 1 N–H and O–H groups in total. The molecule has 0 saturated heterocycles. The zero-order valence-electron chi connectivity index (χ0n) is 12.5. The van der Waals surface area contributed by atoms with Gasteiger partial charge >= 0.3 is 17.1 Å². The number of hydrogen-bond donors (Lipinski definition) is 1. The number of para-hydroxylation sites is 1. The normalized spacial score (nSPS) is 10.6. The van der Waals surface area contributed by atoms with Crippen LogP contribution in [0.1, 0.15) is 0 Å². The summed E-state index contributed by atoms with van der Waals surface area (Å²) in [6.07, 6.45) is 0. The molecule has 3 aromatic rings. The molecule has 3 rings (SSSR count). The van der Waals surface area contributed by atoms with Crippen LogP contribution in [0.25, 0.3) is 5.69 Å². The van der Waals surface area contributed by atoms with Gasteiger partial charge in [0.1, 0.15) is 11.5 Å². The number of H-pyrrole nitrogens is 1. The lowest BCUT2D eigenvalue weighted by atomic mass is 10.3. The third-order valence-electron chi connectivity index (χ3n) is 3.34. The van der Waals surface area contributed by atoms with E-state index < -0.39 is 17.1 Å². The second kappa shape index (κ2) is 6.21. The maximum Gasteiger partial charge on any atom is 0.340 e.